The van der Waals surface area contributed by atoms with Crippen molar-refractivity contribution in [3.63, 3.8) is 0 Å². The molecule has 0 aromatic heterocycles. The van der Waals surface area contributed by atoms with Gasteiger partial charge < -0.3 is 10.5 Å². The number of rotatable bonds is 3. The number of methoxy groups -OCH3 is 1. The molecule has 0 radical (unpaired) electrons. The molecule has 2 aromatic carbocycles. The normalized spacial score (nSPS) is 10.5. The van der Waals surface area contributed by atoms with E-state index in [-0.39, 0.29) is 16.1 Å². The van der Waals surface area contributed by atoms with Gasteiger partial charge in [-0.05, 0) is 30.3 Å². The summed E-state index contributed by atoms with van der Waals surface area (Å²) in [6, 6.07) is 7.37. The Morgan fingerprint density at radius 3 is 2.57 bits per heavy atom. The minimum Gasteiger partial charge on any atom is -0.465 e. The van der Waals surface area contributed by atoms with Crippen LogP contribution in [0.4, 0.5) is 10.1 Å². The van der Waals surface area contributed by atoms with Crippen LogP contribution in [0.2, 0.25) is 10.0 Å². The van der Waals surface area contributed by atoms with Crippen molar-refractivity contribution < 1.29 is 13.9 Å². The molecular formula is C14H10Cl2FNO2S. The number of halogens is 3. The van der Waals surface area contributed by atoms with Crippen LogP contribution >= 0.6 is 35.0 Å². The number of carbonyl (C=O) groups excluding carboxylic acids is 1. The lowest BCUT2D eigenvalue weighted by Crippen LogP contribution is -2.06. The molecule has 0 aliphatic carbocycles. The molecule has 0 saturated carbocycles. The molecular weight excluding hydrogens is 336 g/mol. The van der Waals surface area contributed by atoms with E-state index >= 15 is 0 Å². The Kier molecular flexibility index (Phi) is 4.98. The Morgan fingerprint density at radius 2 is 1.95 bits per heavy atom. The molecule has 0 aliphatic heterocycles. The van der Waals surface area contributed by atoms with E-state index in [9.17, 15) is 9.18 Å². The highest BCUT2D eigenvalue weighted by molar-refractivity contribution is 7.99. The SMILES string of the molecule is COC(=O)c1cc(Sc2ccc(Cl)c(Cl)c2)c(F)cc1N. The number of nitrogens with two attached hydrogens (primary N) is 1. The van der Waals surface area contributed by atoms with Crippen LogP contribution in [0.15, 0.2) is 40.1 Å². The van der Waals surface area contributed by atoms with E-state index in [1.165, 1.54) is 13.2 Å². The summed E-state index contributed by atoms with van der Waals surface area (Å²) in [6.45, 7) is 0. The molecule has 3 nitrogen and oxygen atoms in total. The van der Waals surface area contributed by atoms with E-state index < -0.39 is 11.8 Å². The molecule has 0 aliphatic rings. The van der Waals surface area contributed by atoms with Crippen molar-refractivity contribution >= 4 is 46.6 Å². The van der Waals surface area contributed by atoms with Gasteiger partial charge in [-0.3, -0.25) is 0 Å². The quantitative estimate of drug-likeness (QED) is 0.649. The first-order chi connectivity index (χ1) is 9.92. The van der Waals surface area contributed by atoms with E-state index in [1.807, 2.05) is 0 Å². The first kappa shape index (κ1) is 15.9. The molecule has 0 fully saturated rings. The Balaban J connectivity index is 2.39. The third kappa shape index (κ3) is 3.61. The van der Waals surface area contributed by atoms with Crippen LogP contribution in [0.1, 0.15) is 10.4 Å². The third-order valence-electron chi connectivity index (χ3n) is 2.63. The number of ether oxygens (including phenoxy) is 1. The van der Waals surface area contributed by atoms with E-state index in [0.717, 1.165) is 17.8 Å². The molecule has 2 aromatic rings. The minimum absolute atomic E-state index is 0.0258. The second-order valence-corrected chi connectivity index (χ2v) is 5.97. The molecule has 110 valence electrons. The Hall–Kier alpha value is -1.43. The van der Waals surface area contributed by atoms with Gasteiger partial charge in [0.1, 0.15) is 5.82 Å². The van der Waals surface area contributed by atoms with Gasteiger partial charge in [0.05, 0.1) is 22.7 Å². The van der Waals surface area contributed by atoms with Crippen molar-refractivity contribution in [2.45, 2.75) is 9.79 Å². The topological polar surface area (TPSA) is 52.3 Å². The van der Waals surface area contributed by atoms with Crippen LogP contribution in [0.25, 0.3) is 0 Å². The maximum atomic E-state index is 14.0. The van der Waals surface area contributed by atoms with Crippen molar-refractivity contribution in [3.05, 3.63) is 51.8 Å². The first-order valence-electron chi connectivity index (χ1n) is 5.72. The molecule has 7 heteroatoms. The standard InChI is InChI=1S/C14H10Cl2FNO2S/c1-20-14(19)8-5-13(11(17)6-12(8)18)21-7-2-3-9(15)10(16)4-7/h2-6H,18H2,1H3. The van der Waals surface area contributed by atoms with Gasteiger partial charge in [0.15, 0.2) is 0 Å². The third-order valence-corrected chi connectivity index (χ3v) is 4.39. The zero-order valence-corrected chi connectivity index (χ0v) is 13.2. The van der Waals surface area contributed by atoms with Crippen LogP contribution < -0.4 is 5.73 Å². The van der Waals surface area contributed by atoms with Crippen LogP contribution in [0, 0.1) is 5.82 Å². The average Bonchev–Trinajstić information content (AvgIpc) is 2.45. The van der Waals surface area contributed by atoms with E-state index in [0.29, 0.717) is 14.9 Å². The number of anilines is 1. The number of carbonyl (C=O) groups is 1. The van der Waals surface area contributed by atoms with Crippen molar-refractivity contribution in [3.8, 4) is 0 Å². The largest absolute Gasteiger partial charge is 0.465 e. The summed E-state index contributed by atoms with van der Waals surface area (Å²) in [7, 11) is 1.23. The van der Waals surface area contributed by atoms with E-state index in [1.54, 1.807) is 18.2 Å². The zero-order valence-electron chi connectivity index (χ0n) is 10.8. The maximum Gasteiger partial charge on any atom is 0.339 e. The van der Waals surface area contributed by atoms with Gasteiger partial charge >= 0.3 is 5.97 Å². The number of esters is 1. The van der Waals surface area contributed by atoms with Gasteiger partial charge in [0, 0.05) is 15.5 Å². The van der Waals surface area contributed by atoms with Crippen molar-refractivity contribution in [2.24, 2.45) is 0 Å². The summed E-state index contributed by atoms with van der Waals surface area (Å²) >= 11 is 12.9. The van der Waals surface area contributed by atoms with E-state index in [4.69, 9.17) is 28.9 Å². The monoisotopic (exact) mass is 345 g/mol. The highest BCUT2D eigenvalue weighted by Crippen LogP contribution is 2.35. The summed E-state index contributed by atoms with van der Waals surface area (Å²) in [4.78, 5) is 12.5. The fraction of sp³-hybridized carbons (Fsp3) is 0.0714. The molecule has 0 spiro atoms. The lowest BCUT2D eigenvalue weighted by Gasteiger charge is -2.09. The predicted octanol–water partition coefficient (Wildman–Crippen LogP) is 4.65. The van der Waals surface area contributed by atoms with Crippen molar-refractivity contribution in [1.82, 2.24) is 0 Å². The molecule has 0 amide bonds. The van der Waals surface area contributed by atoms with Gasteiger partial charge in [-0.1, -0.05) is 35.0 Å². The molecule has 0 saturated heterocycles. The van der Waals surface area contributed by atoms with Crippen molar-refractivity contribution in [1.29, 1.82) is 0 Å². The zero-order chi connectivity index (χ0) is 15.6. The average molecular weight is 346 g/mol. The lowest BCUT2D eigenvalue weighted by atomic mass is 10.2. The fourth-order valence-electron chi connectivity index (χ4n) is 1.60. The minimum atomic E-state index is -0.622. The molecule has 0 bridgehead atoms. The Morgan fingerprint density at radius 1 is 1.24 bits per heavy atom. The molecule has 2 N–H and O–H groups in total. The van der Waals surface area contributed by atoms with Crippen molar-refractivity contribution in [2.75, 3.05) is 12.8 Å². The summed E-state index contributed by atoms with van der Waals surface area (Å²) in [6.07, 6.45) is 0. The predicted molar refractivity (Wildman–Crippen MR) is 82.7 cm³/mol. The molecule has 21 heavy (non-hydrogen) atoms. The van der Waals surface area contributed by atoms with Crippen LogP contribution in [-0.2, 0) is 4.74 Å². The maximum absolute atomic E-state index is 14.0. The number of nitrogen functional groups attached to an aromatic ring is 1. The summed E-state index contributed by atoms with van der Waals surface area (Å²) in [5.41, 5.74) is 5.75. The Labute approximate surface area is 135 Å². The van der Waals surface area contributed by atoms with Gasteiger partial charge in [0.2, 0.25) is 0 Å². The van der Waals surface area contributed by atoms with Gasteiger partial charge in [-0.2, -0.15) is 0 Å². The van der Waals surface area contributed by atoms with Gasteiger partial charge in [0.25, 0.3) is 0 Å². The first-order valence-corrected chi connectivity index (χ1v) is 7.30. The number of hydrogen-bond donors (Lipinski definition) is 1. The Bertz CT molecular complexity index is 710. The second-order valence-electron chi connectivity index (χ2n) is 4.04. The van der Waals surface area contributed by atoms with Crippen LogP contribution in [0.5, 0.6) is 0 Å². The van der Waals surface area contributed by atoms with Crippen LogP contribution in [0.3, 0.4) is 0 Å². The van der Waals surface area contributed by atoms with Gasteiger partial charge in [-0.15, -0.1) is 0 Å². The number of hydrogen-bond acceptors (Lipinski definition) is 4. The lowest BCUT2D eigenvalue weighted by molar-refractivity contribution is 0.0601. The van der Waals surface area contributed by atoms with Gasteiger partial charge in [-0.25, -0.2) is 9.18 Å². The van der Waals surface area contributed by atoms with E-state index in [2.05, 4.69) is 4.74 Å². The highest BCUT2D eigenvalue weighted by Gasteiger charge is 2.15. The smallest absolute Gasteiger partial charge is 0.339 e. The molecule has 0 heterocycles. The fourth-order valence-corrected chi connectivity index (χ4v) is 2.86. The summed E-state index contributed by atoms with van der Waals surface area (Å²) in [5.74, 6) is -1.15. The molecule has 0 unspecified atom stereocenters. The van der Waals surface area contributed by atoms with Crippen LogP contribution in [-0.4, -0.2) is 13.1 Å². The molecule has 0 atom stereocenters. The molecule has 2 rings (SSSR count). The number of benzene rings is 2. The summed E-state index contributed by atoms with van der Waals surface area (Å²) in [5, 5.41) is 0.778. The summed E-state index contributed by atoms with van der Waals surface area (Å²) < 4.78 is 18.6. The second kappa shape index (κ2) is 6.56. The highest BCUT2D eigenvalue weighted by atomic mass is 35.5.